The third kappa shape index (κ3) is 5.61. The first-order valence-electron chi connectivity index (χ1n) is 14.0. The summed E-state index contributed by atoms with van der Waals surface area (Å²) in [5.41, 5.74) is 7.39. The van der Waals surface area contributed by atoms with Crippen LogP contribution in [0.15, 0.2) is 59.3 Å². The van der Waals surface area contributed by atoms with Gasteiger partial charge in [-0.2, -0.15) is 5.26 Å². The van der Waals surface area contributed by atoms with E-state index in [0.717, 1.165) is 31.6 Å². The molecular weight excluding hydrogens is 569 g/mol. The molecule has 1 saturated heterocycles. The fraction of sp³-hybridized carbons (Fsp3) is 0.290. The molecule has 1 spiro atoms. The molecule has 0 bridgehead atoms. The molecule has 224 valence electrons. The van der Waals surface area contributed by atoms with E-state index in [1.165, 1.54) is 18.2 Å². The molecule has 4 aromatic rings. The number of nitrogens with one attached hydrogen (secondary N) is 1. The highest BCUT2D eigenvalue weighted by Crippen LogP contribution is 2.51. The van der Waals surface area contributed by atoms with Gasteiger partial charge in [-0.15, -0.1) is 0 Å². The zero-order valence-corrected chi connectivity index (χ0v) is 23.7. The number of ether oxygens (including phenoxy) is 2. The van der Waals surface area contributed by atoms with Gasteiger partial charge >= 0.3 is 0 Å². The van der Waals surface area contributed by atoms with Gasteiger partial charge in [-0.1, -0.05) is 5.16 Å². The van der Waals surface area contributed by atoms with E-state index in [2.05, 4.69) is 31.4 Å². The second-order valence-corrected chi connectivity index (χ2v) is 10.8. The van der Waals surface area contributed by atoms with Crippen molar-refractivity contribution in [2.75, 3.05) is 24.6 Å². The molecule has 1 aliphatic heterocycles. The molecule has 13 heteroatoms. The first-order chi connectivity index (χ1) is 21.3. The van der Waals surface area contributed by atoms with Gasteiger partial charge in [-0.3, -0.25) is 9.59 Å². The number of primary amides is 1. The lowest BCUT2D eigenvalue weighted by molar-refractivity contribution is -0.0344. The fourth-order valence-corrected chi connectivity index (χ4v) is 5.69. The number of carbonyl (C=O) groups excluding carboxylic acids is 2. The Morgan fingerprint density at radius 1 is 1.23 bits per heavy atom. The summed E-state index contributed by atoms with van der Waals surface area (Å²) in [4.78, 5) is 35.8. The molecule has 1 saturated carbocycles. The maximum absolute atomic E-state index is 13.6. The van der Waals surface area contributed by atoms with Gasteiger partial charge in [0, 0.05) is 30.8 Å². The summed E-state index contributed by atoms with van der Waals surface area (Å²) >= 11 is 0. The molecule has 1 aromatic carbocycles. The predicted molar refractivity (Wildman–Crippen MR) is 154 cm³/mol. The molecular formula is C31H28FN7O5. The number of aromatic nitrogens is 3. The molecule has 4 heterocycles. The first kappa shape index (κ1) is 28.6. The van der Waals surface area contributed by atoms with E-state index in [4.69, 9.17) is 19.7 Å². The number of halogens is 1. The van der Waals surface area contributed by atoms with E-state index >= 15 is 0 Å². The Morgan fingerprint density at radius 2 is 2.05 bits per heavy atom. The summed E-state index contributed by atoms with van der Waals surface area (Å²) in [6.07, 6.45) is 2.97. The first-order valence-corrected chi connectivity index (χ1v) is 14.0. The van der Waals surface area contributed by atoms with Crippen LogP contribution in [0, 0.1) is 22.6 Å². The van der Waals surface area contributed by atoms with Crippen LogP contribution in [0.2, 0.25) is 0 Å². The quantitative estimate of drug-likeness (QED) is 0.275. The molecule has 0 unspecified atom stereocenters. The van der Waals surface area contributed by atoms with Crippen molar-refractivity contribution in [3.63, 3.8) is 0 Å². The summed E-state index contributed by atoms with van der Waals surface area (Å²) < 4.78 is 30.6. The zero-order valence-electron chi connectivity index (χ0n) is 23.7. The van der Waals surface area contributed by atoms with Crippen molar-refractivity contribution in [2.24, 2.45) is 11.1 Å². The highest BCUT2D eigenvalue weighted by atomic mass is 19.1. The van der Waals surface area contributed by atoms with Gasteiger partial charge in [-0.05, 0) is 62.2 Å². The molecule has 0 radical (unpaired) electrons. The third-order valence-corrected chi connectivity index (χ3v) is 7.72. The lowest BCUT2D eigenvalue weighted by Crippen LogP contribution is -2.65. The third-order valence-electron chi connectivity index (χ3n) is 7.72. The SMILES string of the molecule is CCOc1ncccc1-c1ccc(OC2CC3(C2)CN(c2ccc(F)cc2C#N)C3)c(C(=O)NCc2cc(C(N)=O)no2)n1. The Labute approximate surface area is 251 Å². The molecule has 0 atom stereocenters. The van der Waals surface area contributed by atoms with Crippen LogP contribution in [-0.4, -0.2) is 52.7 Å². The fourth-order valence-electron chi connectivity index (χ4n) is 5.69. The molecule has 12 nitrogen and oxygen atoms in total. The van der Waals surface area contributed by atoms with Crippen LogP contribution < -0.4 is 25.4 Å². The van der Waals surface area contributed by atoms with E-state index in [1.807, 2.05) is 6.92 Å². The van der Waals surface area contributed by atoms with Crippen molar-refractivity contribution in [2.45, 2.75) is 32.4 Å². The number of rotatable bonds is 10. The number of benzene rings is 1. The van der Waals surface area contributed by atoms with Crippen LogP contribution >= 0.6 is 0 Å². The number of nitriles is 1. The van der Waals surface area contributed by atoms with Crippen LogP contribution in [0.25, 0.3) is 11.3 Å². The number of carbonyl (C=O) groups is 2. The number of hydrogen-bond donors (Lipinski definition) is 2. The summed E-state index contributed by atoms with van der Waals surface area (Å²) in [5.74, 6) is -0.762. The molecule has 2 fully saturated rings. The van der Waals surface area contributed by atoms with Crippen molar-refractivity contribution in [3.05, 3.63) is 83.3 Å². The lowest BCUT2D eigenvalue weighted by atomic mass is 9.61. The molecule has 44 heavy (non-hydrogen) atoms. The molecule has 3 N–H and O–H groups in total. The minimum atomic E-state index is -0.742. The van der Waals surface area contributed by atoms with Crippen molar-refractivity contribution in [1.82, 2.24) is 20.4 Å². The Kier molecular flexibility index (Phi) is 7.57. The molecule has 1 aliphatic carbocycles. The number of amides is 2. The van der Waals surface area contributed by atoms with Gasteiger partial charge in [-0.25, -0.2) is 14.4 Å². The van der Waals surface area contributed by atoms with Crippen LogP contribution in [0.1, 0.15) is 52.1 Å². The molecule has 2 amide bonds. The average Bonchev–Trinajstić information content (AvgIpc) is 3.47. The monoisotopic (exact) mass is 597 g/mol. The molecule has 6 rings (SSSR count). The second kappa shape index (κ2) is 11.6. The number of nitrogens with two attached hydrogens (primary N) is 1. The Morgan fingerprint density at radius 3 is 2.77 bits per heavy atom. The van der Waals surface area contributed by atoms with E-state index in [0.29, 0.717) is 35.1 Å². The van der Waals surface area contributed by atoms with Crippen LogP contribution in [0.3, 0.4) is 0 Å². The minimum Gasteiger partial charge on any atom is -0.488 e. The van der Waals surface area contributed by atoms with Crippen molar-refractivity contribution in [3.8, 4) is 29.0 Å². The van der Waals surface area contributed by atoms with Gasteiger partial charge < -0.3 is 29.9 Å². The van der Waals surface area contributed by atoms with Gasteiger partial charge in [0.25, 0.3) is 11.8 Å². The highest BCUT2D eigenvalue weighted by molar-refractivity contribution is 5.95. The summed E-state index contributed by atoms with van der Waals surface area (Å²) in [7, 11) is 0. The van der Waals surface area contributed by atoms with Crippen molar-refractivity contribution < 1.29 is 28.0 Å². The lowest BCUT2D eigenvalue weighted by Gasteiger charge is -2.59. The summed E-state index contributed by atoms with van der Waals surface area (Å²) in [5, 5.41) is 15.7. The second-order valence-electron chi connectivity index (χ2n) is 10.8. The zero-order chi connectivity index (χ0) is 30.8. The van der Waals surface area contributed by atoms with Gasteiger partial charge in [0.05, 0.1) is 35.7 Å². The van der Waals surface area contributed by atoms with Gasteiger partial charge in [0.15, 0.2) is 22.9 Å². The Hall–Kier alpha value is -5.51. The number of pyridine rings is 2. The maximum atomic E-state index is 13.6. The van der Waals surface area contributed by atoms with Crippen molar-refractivity contribution >= 4 is 17.5 Å². The summed E-state index contributed by atoms with van der Waals surface area (Å²) in [6, 6.07) is 14.7. The van der Waals surface area contributed by atoms with E-state index in [1.54, 1.807) is 36.5 Å². The van der Waals surface area contributed by atoms with Gasteiger partial charge in [0.1, 0.15) is 18.0 Å². The van der Waals surface area contributed by atoms with Crippen molar-refractivity contribution in [1.29, 1.82) is 5.26 Å². The molecule has 2 aliphatic rings. The minimum absolute atomic E-state index is 0.0219. The Balaban J connectivity index is 1.18. The number of hydrogen-bond acceptors (Lipinski definition) is 10. The normalized spacial score (nSPS) is 15.2. The van der Waals surface area contributed by atoms with Crippen LogP contribution in [0.4, 0.5) is 10.1 Å². The molecule has 3 aromatic heterocycles. The maximum Gasteiger partial charge on any atom is 0.274 e. The summed E-state index contributed by atoms with van der Waals surface area (Å²) in [6.45, 7) is 3.65. The average molecular weight is 598 g/mol. The smallest absolute Gasteiger partial charge is 0.274 e. The standard InChI is InChI=1S/C31H28FN7O5/c1-2-42-30-22(4-3-9-35-30)23-6-8-26(27(37-23)29(41)36-15-20-11-24(28(34)40)38-44-20)43-21-12-31(13-21)16-39(17-31)25-7-5-19(32)10-18(25)14-33/h3-11,21H,2,12-13,15-17H2,1H3,(H2,34,40)(H,36,41). The highest BCUT2D eigenvalue weighted by Gasteiger charge is 2.54. The van der Waals surface area contributed by atoms with Gasteiger partial charge in [0.2, 0.25) is 5.88 Å². The van der Waals surface area contributed by atoms with E-state index in [9.17, 15) is 19.2 Å². The largest absolute Gasteiger partial charge is 0.488 e. The van der Waals surface area contributed by atoms with E-state index < -0.39 is 17.6 Å². The number of nitrogens with zero attached hydrogens (tertiary/aromatic N) is 5. The van der Waals surface area contributed by atoms with E-state index in [-0.39, 0.29) is 35.2 Å². The predicted octanol–water partition coefficient (Wildman–Crippen LogP) is 3.62. The van der Waals surface area contributed by atoms with Crippen LogP contribution in [0.5, 0.6) is 11.6 Å². The van der Waals surface area contributed by atoms with Crippen LogP contribution in [-0.2, 0) is 6.54 Å². The number of anilines is 1. The Bertz CT molecular complexity index is 1770. The topological polar surface area (TPSA) is 169 Å².